The summed E-state index contributed by atoms with van der Waals surface area (Å²) in [7, 11) is 0. The first-order chi connectivity index (χ1) is 7.97. The largest absolute Gasteiger partial charge is 0.480 e. The molecule has 0 aromatic carbocycles. The van der Waals surface area contributed by atoms with E-state index in [1.807, 2.05) is 6.26 Å². The summed E-state index contributed by atoms with van der Waals surface area (Å²) in [6.45, 7) is 0.125. The summed E-state index contributed by atoms with van der Waals surface area (Å²) in [5.74, 6) is -1.78. The Morgan fingerprint density at radius 3 is 2.71 bits per heavy atom. The Morgan fingerprint density at radius 1 is 1.65 bits per heavy atom. The number of carboxylic acids is 1. The van der Waals surface area contributed by atoms with Crippen LogP contribution in [-0.2, 0) is 14.4 Å². The number of amides is 2. The minimum atomic E-state index is -1.03. The van der Waals surface area contributed by atoms with Gasteiger partial charge in [-0.15, -0.1) is 0 Å². The van der Waals surface area contributed by atoms with Crippen molar-refractivity contribution in [2.45, 2.75) is 18.9 Å². The number of likely N-dealkylation sites (tertiary alicyclic amines) is 1. The Labute approximate surface area is 104 Å². The number of carbonyl (C=O) groups is 3. The first-order valence-corrected chi connectivity index (χ1v) is 6.67. The van der Waals surface area contributed by atoms with E-state index < -0.39 is 23.8 Å². The molecule has 1 aliphatic heterocycles. The highest BCUT2D eigenvalue weighted by Crippen LogP contribution is 2.22. The molecule has 96 valence electrons. The SMILES string of the molecule is CSCCC(C(=O)O)N1CC(C(N)=O)CC1=O. The number of nitrogens with zero attached hydrogens (tertiary/aromatic N) is 1. The molecule has 1 heterocycles. The number of hydrogen-bond acceptors (Lipinski definition) is 4. The molecular formula is C10H16N2O4S. The third-order valence-electron chi connectivity index (χ3n) is 2.82. The van der Waals surface area contributed by atoms with Crippen LogP contribution in [0.1, 0.15) is 12.8 Å². The van der Waals surface area contributed by atoms with E-state index in [9.17, 15) is 14.4 Å². The summed E-state index contributed by atoms with van der Waals surface area (Å²) in [4.78, 5) is 35.0. The smallest absolute Gasteiger partial charge is 0.326 e. The van der Waals surface area contributed by atoms with Crippen molar-refractivity contribution in [3.63, 3.8) is 0 Å². The molecule has 1 fully saturated rings. The molecule has 1 aliphatic rings. The first-order valence-electron chi connectivity index (χ1n) is 5.28. The quantitative estimate of drug-likeness (QED) is 0.672. The molecular weight excluding hydrogens is 244 g/mol. The van der Waals surface area contributed by atoms with Gasteiger partial charge in [-0.3, -0.25) is 9.59 Å². The highest BCUT2D eigenvalue weighted by molar-refractivity contribution is 7.98. The number of carboxylic acid groups (broad SMARTS) is 1. The lowest BCUT2D eigenvalue weighted by Crippen LogP contribution is -2.43. The second kappa shape index (κ2) is 5.90. The lowest BCUT2D eigenvalue weighted by atomic mass is 10.1. The molecule has 0 spiro atoms. The van der Waals surface area contributed by atoms with E-state index >= 15 is 0 Å². The average Bonchev–Trinajstić information content (AvgIpc) is 2.61. The molecule has 2 unspecified atom stereocenters. The summed E-state index contributed by atoms with van der Waals surface area (Å²) < 4.78 is 0. The Hall–Kier alpha value is -1.24. The fraction of sp³-hybridized carbons (Fsp3) is 0.700. The van der Waals surface area contributed by atoms with Crippen molar-refractivity contribution in [2.75, 3.05) is 18.6 Å². The van der Waals surface area contributed by atoms with Crippen molar-refractivity contribution in [2.24, 2.45) is 11.7 Å². The van der Waals surface area contributed by atoms with Crippen molar-refractivity contribution in [1.29, 1.82) is 0 Å². The summed E-state index contributed by atoms with van der Waals surface area (Å²) in [6, 6.07) is -0.848. The molecule has 6 nitrogen and oxygen atoms in total. The second-order valence-electron chi connectivity index (χ2n) is 3.99. The Morgan fingerprint density at radius 2 is 2.29 bits per heavy atom. The lowest BCUT2D eigenvalue weighted by molar-refractivity contribution is -0.148. The van der Waals surface area contributed by atoms with Gasteiger partial charge in [0.2, 0.25) is 11.8 Å². The fourth-order valence-electron chi connectivity index (χ4n) is 1.87. The molecule has 0 aromatic heterocycles. The summed E-state index contributed by atoms with van der Waals surface area (Å²) in [6.07, 6.45) is 2.28. The molecule has 2 amide bonds. The standard InChI is InChI=1S/C10H16N2O4S/c1-17-3-2-7(10(15)16)12-5-6(9(11)14)4-8(12)13/h6-7H,2-5H2,1H3,(H2,11,14)(H,15,16). The van der Waals surface area contributed by atoms with Crippen LogP contribution in [0.5, 0.6) is 0 Å². The van der Waals surface area contributed by atoms with Gasteiger partial charge in [-0.25, -0.2) is 4.79 Å². The van der Waals surface area contributed by atoms with Gasteiger partial charge < -0.3 is 15.7 Å². The average molecular weight is 260 g/mol. The predicted octanol–water partition coefficient (Wildman–Crippen LogP) is -0.473. The topological polar surface area (TPSA) is 101 Å². The highest BCUT2D eigenvalue weighted by atomic mass is 32.2. The van der Waals surface area contributed by atoms with Gasteiger partial charge in [-0.05, 0) is 18.4 Å². The number of aliphatic carboxylic acids is 1. The van der Waals surface area contributed by atoms with E-state index in [0.29, 0.717) is 12.2 Å². The van der Waals surface area contributed by atoms with E-state index in [1.54, 1.807) is 0 Å². The third kappa shape index (κ3) is 3.36. The van der Waals surface area contributed by atoms with Crippen LogP contribution in [0.4, 0.5) is 0 Å². The predicted molar refractivity (Wildman–Crippen MR) is 63.4 cm³/mol. The van der Waals surface area contributed by atoms with Crippen LogP contribution in [0.2, 0.25) is 0 Å². The van der Waals surface area contributed by atoms with Gasteiger partial charge in [-0.1, -0.05) is 0 Å². The number of thioether (sulfide) groups is 1. The van der Waals surface area contributed by atoms with E-state index in [2.05, 4.69) is 0 Å². The van der Waals surface area contributed by atoms with Crippen LogP contribution in [0.3, 0.4) is 0 Å². The molecule has 7 heteroatoms. The van der Waals surface area contributed by atoms with Gasteiger partial charge in [0.25, 0.3) is 0 Å². The highest BCUT2D eigenvalue weighted by Gasteiger charge is 2.39. The Balaban J connectivity index is 2.71. The monoisotopic (exact) mass is 260 g/mol. The maximum Gasteiger partial charge on any atom is 0.326 e. The number of carbonyl (C=O) groups excluding carboxylic acids is 2. The Bertz CT molecular complexity index is 334. The van der Waals surface area contributed by atoms with E-state index in [4.69, 9.17) is 10.8 Å². The van der Waals surface area contributed by atoms with Crippen LogP contribution in [-0.4, -0.2) is 52.4 Å². The van der Waals surface area contributed by atoms with Crippen molar-refractivity contribution < 1.29 is 19.5 Å². The van der Waals surface area contributed by atoms with Gasteiger partial charge in [0.15, 0.2) is 0 Å². The minimum absolute atomic E-state index is 0.0262. The summed E-state index contributed by atoms with van der Waals surface area (Å²) >= 11 is 1.52. The van der Waals surface area contributed by atoms with Crippen LogP contribution in [0.15, 0.2) is 0 Å². The molecule has 2 atom stereocenters. The maximum atomic E-state index is 11.6. The third-order valence-corrected chi connectivity index (χ3v) is 3.46. The molecule has 0 saturated carbocycles. The molecule has 0 radical (unpaired) electrons. The van der Waals surface area contributed by atoms with Gasteiger partial charge in [-0.2, -0.15) is 11.8 Å². The van der Waals surface area contributed by atoms with Crippen molar-refractivity contribution >= 4 is 29.5 Å². The maximum absolute atomic E-state index is 11.6. The van der Waals surface area contributed by atoms with E-state index in [-0.39, 0.29) is 18.9 Å². The van der Waals surface area contributed by atoms with Gasteiger partial charge in [0.05, 0.1) is 5.92 Å². The fourth-order valence-corrected chi connectivity index (χ4v) is 2.32. The van der Waals surface area contributed by atoms with Crippen LogP contribution < -0.4 is 5.73 Å². The molecule has 0 aliphatic carbocycles. The van der Waals surface area contributed by atoms with Crippen LogP contribution >= 0.6 is 11.8 Å². The number of hydrogen-bond donors (Lipinski definition) is 2. The van der Waals surface area contributed by atoms with Crippen molar-refractivity contribution in [3.8, 4) is 0 Å². The minimum Gasteiger partial charge on any atom is -0.480 e. The zero-order chi connectivity index (χ0) is 13.0. The van der Waals surface area contributed by atoms with Crippen molar-refractivity contribution in [1.82, 2.24) is 4.90 Å². The second-order valence-corrected chi connectivity index (χ2v) is 4.97. The van der Waals surface area contributed by atoms with Gasteiger partial charge in [0.1, 0.15) is 6.04 Å². The Kier molecular flexibility index (Phi) is 4.80. The molecule has 3 N–H and O–H groups in total. The molecule has 17 heavy (non-hydrogen) atoms. The van der Waals surface area contributed by atoms with Crippen LogP contribution in [0, 0.1) is 5.92 Å². The number of nitrogens with two attached hydrogens (primary N) is 1. The molecule has 0 aromatic rings. The summed E-state index contributed by atoms with van der Waals surface area (Å²) in [5.41, 5.74) is 5.13. The zero-order valence-corrected chi connectivity index (χ0v) is 10.4. The number of rotatable bonds is 6. The zero-order valence-electron chi connectivity index (χ0n) is 9.59. The summed E-state index contributed by atoms with van der Waals surface area (Å²) in [5, 5.41) is 9.08. The molecule has 0 bridgehead atoms. The number of primary amides is 1. The van der Waals surface area contributed by atoms with Gasteiger partial charge in [0, 0.05) is 13.0 Å². The van der Waals surface area contributed by atoms with E-state index in [0.717, 1.165) is 0 Å². The van der Waals surface area contributed by atoms with Crippen LogP contribution in [0.25, 0.3) is 0 Å². The normalized spacial score (nSPS) is 21.6. The lowest BCUT2D eigenvalue weighted by Gasteiger charge is -2.24. The molecule has 1 saturated heterocycles. The first kappa shape index (κ1) is 13.8. The van der Waals surface area contributed by atoms with Crippen molar-refractivity contribution in [3.05, 3.63) is 0 Å². The molecule has 1 rings (SSSR count). The van der Waals surface area contributed by atoms with Gasteiger partial charge >= 0.3 is 5.97 Å². The van der Waals surface area contributed by atoms with E-state index in [1.165, 1.54) is 16.7 Å².